The Hall–Kier alpha value is -2.46. The highest BCUT2D eigenvalue weighted by molar-refractivity contribution is 6.32. The minimum absolute atomic E-state index is 0.167. The van der Waals surface area contributed by atoms with Crippen LogP contribution in [0, 0.1) is 0 Å². The van der Waals surface area contributed by atoms with E-state index in [-0.39, 0.29) is 5.91 Å². The van der Waals surface area contributed by atoms with Crippen molar-refractivity contribution in [1.82, 2.24) is 9.88 Å². The maximum absolute atomic E-state index is 13.2. The van der Waals surface area contributed by atoms with E-state index in [4.69, 9.17) is 34.8 Å². The Morgan fingerprint density at radius 3 is 2.10 bits per heavy atom. The smallest absolute Gasteiger partial charge is 0.268 e. The van der Waals surface area contributed by atoms with E-state index in [2.05, 4.69) is 5.32 Å². The van der Waals surface area contributed by atoms with Gasteiger partial charge < -0.3 is 9.88 Å². The average Bonchev–Trinajstić information content (AvgIpc) is 2.99. The normalized spacial score (nSPS) is 11.0. The SMILES string of the molecule is Cn1c(C(=O)NCc2ccc(Cl)cc2)c(-c2ccc(Cl)cc2)c2cc(Cl)ccc21. The lowest BCUT2D eigenvalue weighted by Gasteiger charge is -2.10. The Balaban J connectivity index is 1.78. The zero-order chi connectivity index (χ0) is 20.5. The van der Waals surface area contributed by atoms with E-state index in [1.54, 1.807) is 12.1 Å². The van der Waals surface area contributed by atoms with Gasteiger partial charge in [0, 0.05) is 45.1 Å². The topological polar surface area (TPSA) is 34.0 Å². The second kappa shape index (κ2) is 8.11. The van der Waals surface area contributed by atoms with E-state index in [1.165, 1.54) is 0 Å². The fraction of sp³-hybridized carbons (Fsp3) is 0.0870. The van der Waals surface area contributed by atoms with E-state index in [0.29, 0.717) is 27.3 Å². The van der Waals surface area contributed by atoms with Gasteiger partial charge in [0.15, 0.2) is 0 Å². The van der Waals surface area contributed by atoms with Crippen LogP contribution in [0.25, 0.3) is 22.0 Å². The quantitative estimate of drug-likeness (QED) is 0.372. The Labute approximate surface area is 183 Å². The molecular formula is C23H17Cl3N2O. The highest BCUT2D eigenvalue weighted by Gasteiger charge is 2.22. The number of rotatable bonds is 4. The van der Waals surface area contributed by atoms with Crippen LogP contribution in [0.2, 0.25) is 15.1 Å². The monoisotopic (exact) mass is 442 g/mol. The van der Waals surface area contributed by atoms with Crippen molar-refractivity contribution in [3.63, 3.8) is 0 Å². The van der Waals surface area contributed by atoms with Gasteiger partial charge in [0.1, 0.15) is 5.69 Å². The molecule has 0 bridgehead atoms. The lowest BCUT2D eigenvalue weighted by atomic mass is 10.0. The maximum Gasteiger partial charge on any atom is 0.268 e. The van der Waals surface area contributed by atoms with Crippen molar-refractivity contribution in [3.05, 3.63) is 93.1 Å². The number of amides is 1. The van der Waals surface area contributed by atoms with Crippen LogP contribution in [-0.2, 0) is 13.6 Å². The second-order valence-corrected chi connectivity index (χ2v) is 8.07. The summed E-state index contributed by atoms with van der Waals surface area (Å²) in [7, 11) is 1.88. The van der Waals surface area contributed by atoms with Crippen LogP contribution >= 0.6 is 34.8 Å². The predicted octanol–water partition coefficient (Wildman–Crippen LogP) is 6.74. The highest BCUT2D eigenvalue weighted by Crippen LogP contribution is 2.36. The van der Waals surface area contributed by atoms with Gasteiger partial charge in [-0.25, -0.2) is 0 Å². The largest absolute Gasteiger partial charge is 0.347 e. The Kier molecular flexibility index (Phi) is 5.55. The van der Waals surface area contributed by atoms with Crippen LogP contribution in [-0.4, -0.2) is 10.5 Å². The van der Waals surface area contributed by atoms with Gasteiger partial charge in [-0.3, -0.25) is 4.79 Å². The molecule has 1 N–H and O–H groups in total. The molecule has 0 aliphatic rings. The number of fused-ring (bicyclic) bond motifs is 1. The summed E-state index contributed by atoms with van der Waals surface area (Å²) in [6, 6.07) is 20.5. The van der Waals surface area contributed by atoms with Crippen molar-refractivity contribution in [3.8, 4) is 11.1 Å². The highest BCUT2D eigenvalue weighted by atomic mass is 35.5. The molecule has 0 aliphatic heterocycles. The molecule has 0 fully saturated rings. The molecule has 4 rings (SSSR count). The van der Waals surface area contributed by atoms with Crippen molar-refractivity contribution in [2.24, 2.45) is 7.05 Å². The van der Waals surface area contributed by atoms with Crippen LogP contribution in [0.1, 0.15) is 16.1 Å². The predicted molar refractivity (Wildman–Crippen MR) is 121 cm³/mol. The molecule has 0 atom stereocenters. The molecule has 3 aromatic carbocycles. The van der Waals surface area contributed by atoms with Crippen molar-refractivity contribution in [1.29, 1.82) is 0 Å². The lowest BCUT2D eigenvalue weighted by molar-refractivity contribution is 0.0944. The number of halogens is 3. The van der Waals surface area contributed by atoms with Crippen molar-refractivity contribution in [2.75, 3.05) is 0 Å². The van der Waals surface area contributed by atoms with E-state index in [1.807, 2.05) is 66.2 Å². The number of aryl methyl sites for hydroxylation is 1. The van der Waals surface area contributed by atoms with Gasteiger partial charge in [0.05, 0.1) is 0 Å². The minimum atomic E-state index is -0.167. The molecular weight excluding hydrogens is 427 g/mol. The molecule has 0 saturated carbocycles. The zero-order valence-electron chi connectivity index (χ0n) is 15.5. The molecule has 1 heterocycles. The molecule has 3 nitrogen and oxygen atoms in total. The molecule has 6 heteroatoms. The van der Waals surface area contributed by atoms with Crippen LogP contribution < -0.4 is 5.32 Å². The Morgan fingerprint density at radius 2 is 1.45 bits per heavy atom. The molecule has 0 spiro atoms. The summed E-state index contributed by atoms with van der Waals surface area (Å²) in [4.78, 5) is 13.2. The van der Waals surface area contributed by atoms with Crippen molar-refractivity contribution < 1.29 is 4.79 Å². The number of aromatic nitrogens is 1. The van der Waals surface area contributed by atoms with Crippen LogP contribution in [0.3, 0.4) is 0 Å². The molecule has 1 aromatic heterocycles. The second-order valence-electron chi connectivity index (χ2n) is 6.76. The molecule has 0 saturated heterocycles. The minimum Gasteiger partial charge on any atom is -0.347 e. The van der Waals surface area contributed by atoms with Crippen LogP contribution in [0.5, 0.6) is 0 Å². The summed E-state index contributed by atoms with van der Waals surface area (Å²) < 4.78 is 1.90. The summed E-state index contributed by atoms with van der Waals surface area (Å²) in [5.41, 5.74) is 4.20. The summed E-state index contributed by atoms with van der Waals surface area (Å²) in [6.07, 6.45) is 0. The molecule has 146 valence electrons. The first-order valence-corrected chi connectivity index (χ1v) is 10.1. The van der Waals surface area contributed by atoms with Gasteiger partial charge in [0.2, 0.25) is 0 Å². The molecule has 29 heavy (non-hydrogen) atoms. The Bertz CT molecular complexity index is 1200. The van der Waals surface area contributed by atoms with Crippen LogP contribution in [0.15, 0.2) is 66.7 Å². The first kappa shape index (κ1) is 19.8. The van der Waals surface area contributed by atoms with Crippen molar-refractivity contribution >= 4 is 51.6 Å². The summed E-state index contributed by atoms with van der Waals surface area (Å²) in [5, 5.41) is 5.85. The number of nitrogens with one attached hydrogen (secondary N) is 1. The van der Waals surface area contributed by atoms with E-state index in [0.717, 1.165) is 27.6 Å². The standard InChI is InChI=1S/C23H17Cl3N2O/c1-28-20-11-10-18(26)12-19(20)21(15-4-8-17(25)9-5-15)22(28)23(29)27-13-14-2-6-16(24)7-3-14/h2-12H,13H2,1H3,(H,27,29). The number of carbonyl (C=O) groups is 1. The number of carbonyl (C=O) groups excluding carboxylic acids is 1. The third-order valence-electron chi connectivity index (χ3n) is 4.88. The molecule has 1 amide bonds. The van der Waals surface area contributed by atoms with Crippen molar-refractivity contribution in [2.45, 2.75) is 6.54 Å². The zero-order valence-corrected chi connectivity index (χ0v) is 17.8. The van der Waals surface area contributed by atoms with Crippen LogP contribution in [0.4, 0.5) is 0 Å². The third kappa shape index (κ3) is 3.99. The molecule has 4 aromatic rings. The van der Waals surface area contributed by atoms with Gasteiger partial charge in [-0.2, -0.15) is 0 Å². The van der Waals surface area contributed by atoms with E-state index in [9.17, 15) is 4.79 Å². The average molecular weight is 444 g/mol. The first-order chi connectivity index (χ1) is 13.9. The van der Waals surface area contributed by atoms with E-state index >= 15 is 0 Å². The molecule has 0 unspecified atom stereocenters. The van der Waals surface area contributed by atoms with Gasteiger partial charge in [-0.1, -0.05) is 59.1 Å². The Morgan fingerprint density at radius 1 is 0.862 bits per heavy atom. The van der Waals surface area contributed by atoms with Gasteiger partial charge in [-0.05, 0) is 53.6 Å². The van der Waals surface area contributed by atoms with Gasteiger partial charge in [0.25, 0.3) is 5.91 Å². The molecule has 0 aliphatic carbocycles. The first-order valence-electron chi connectivity index (χ1n) is 9.00. The summed E-state index contributed by atoms with van der Waals surface area (Å²) >= 11 is 18.3. The summed E-state index contributed by atoms with van der Waals surface area (Å²) in [6.45, 7) is 0.401. The fourth-order valence-corrected chi connectivity index (χ4v) is 3.88. The fourth-order valence-electron chi connectivity index (χ4n) is 3.46. The number of benzene rings is 3. The molecule has 0 radical (unpaired) electrons. The maximum atomic E-state index is 13.2. The third-order valence-corrected chi connectivity index (χ3v) is 5.61. The van der Waals surface area contributed by atoms with Gasteiger partial charge >= 0.3 is 0 Å². The summed E-state index contributed by atoms with van der Waals surface area (Å²) in [5.74, 6) is -0.167. The number of nitrogens with zero attached hydrogens (tertiary/aromatic N) is 1. The van der Waals surface area contributed by atoms with E-state index < -0.39 is 0 Å². The lowest BCUT2D eigenvalue weighted by Crippen LogP contribution is -2.25. The number of hydrogen-bond acceptors (Lipinski definition) is 1. The van der Waals surface area contributed by atoms with Gasteiger partial charge in [-0.15, -0.1) is 0 Å². The number of hydrogen-bond donors (Lipinski definition) is 1.